The van der Waals surface area contributed by atoms with Gasteiger partial charge in [-0.1, -0.05) is 6.92 Å². The van der Waals surface area contributed by atoms with Gasteiger partial charge in [-0.2, -0.15) is 0 Å². The van der Waals surface area contributed by atoms with Gasteiger partial charge in [-0.05, 0) is 6.07 Å². The van der Waals surface area contributed by atoms with Crippen LogP contribution < -0.4 is 0 Å². The number of non-ortho nitro benzene ring substituents is 1. The zero-order valence-corrected chi connectivity index (χ0v) is 7.56. The van der Waals surface area contributed by atoms with Gasteiger partial charge in [-0.15, -0.1) is 0 Å². The molecule has 14 heavy (non-hydrogen) atoms. The maximum Gasteiger partial charge on any atom is 0.273 e. The largest absolute Gasteiger partial charge is 0.507 e. The molecule has 1 N–H and O–H groups in total. The minimum Gasteiger partial charge on any atom is -0.507 e. The molecule has 0 fully saturated rings. The summed E-state index contributed by atoms with van der Waals surface area (Å²) in [7, 11) is 0. The molecule has 1 rings (SSSR count). The molecule has 0 saturated heterocycles. The smallest absolute Gasteiger partial charge is 0.273 e. The first kappa shape index (κ1) is 10.2. The minimum absolute atomic E-state index is 0.123. The molecule has 1 aromatic carbocycles. The predicted molar refractivity (Wildman–Crippen MR) is 49.4 cm³/mol. The van der Waals surface area contributed by atoms with Crippen molar-refractivity contribution in [1.29, 1.82) is 0 Å². The number of hydrogen-bond donors (Lipinski definition) is 1. The van der Waals surface area contributed by atoms with Crippen LogP contribution in [0.1, 0.15) is 23.7 Å². The summed E-state index contributed by atoms with van der Waals surface area (Å²) < 4.78 is 0. The van der Waals surface area contributed by atoms with E-state index in [1.807, 2.05) is 0 Å². The Labute approximate surface area is 80.1 Å². The summed E-state index contributed by atoms with van der Waals surface area (Å²) in [5.74, 6) is -0.580. The first-order chi connectivity index (χ1) is 6.56. The highest BCUT2D eigenvalue weighted by Gasteiger charge is 2.13. The number of nitro groups is 1. The molecule has 0 radical (unpaired) electrons. The monoisotopic (exact) mass is 195 g/mol. The zero-order valence-electron chi connectivity index (χ0n) is 7.56. The Bertz CT molecular complexity index is 386. The number of phenols is 1. The third-order valence-corrected chi connectivity index (χ3v) is 1.81. The average Bonchev–Trinajstić information content (AvgIpc) is 2.16. The number of rotatable bonds is 3. The number of carbonyl (C=O) groups is 1. The summed E-state index contributed by atoms with van der Waals surface area (Å²) in [4.78, 5) is 20.9. The zero-order chi connectivity index (χ0) is 10.7. The molecule has 0 aliphatic carbocycles. The van der Waals surface area contributed by atoms with Crippen LogP contribution in [0.3, 0.4) is 0 Å². The SMILES string of the molecule is CCC(=O)c1ccc([N+](=O)[O-])cc1O. The van der Waals surface area contributed by atoms with Gasteiger partial charge in [-0.3, -0.25) is 14.9 Å². The van der Waals surface area contributed by atoms with Crippen LogP contribution in [-0.2, 0) is 0 Å². The van der Waals surface area contributed by atoms with E-state index >= 15 is 0 Å². The second-order valence-electron chi connectivity index (χ2n) is 2.74. The molecule has 1 aromatic rings. The maximum atomic E-state index is 11.2. The van der Waals surface area contributed by atoms with Crippen LogP contribution in [0.5, 0.6) is 5.75 Å². The molecule has 0 aliphatic heterocycles. The second-order valence-corrected chi connectivity index (χ2v) is 2.74. The quantitative estimate of drug-likeness (QED) is 0.453. The van der Waals surface area contributed by atoms with Crippen LogP contribution in [0.4, 0.5) is 5.69 Å². The molecule has 0 aliphatic rings. The third-order valence-electron chi connectivity index (χ3n) is 1.81. The van der Waals surface area contributed by atoms with Crippen LogP contribution in [-0.4, -0.2) is 15.8 Å². The molecule has 0 heterocycles. The molecule has 0 unspecified atom stereocenters. The van der Waals surface area contributed by atoms with Crippen LogP contribution >= 0.6 is 0 Å². The number of phenolic OH excluding ortho intramolecular Hbond substituents is 1. The number of hydrogen-bond acceptors (Lipinski definition) is 4. The fourth-order valence-electron chi connectivity index (χ4n) is 1.06. The van der Waals surface area contributed by atoms with Gasteiger partial charge < -0.3 is 5.11 Å². The lowest BCUT2D eigenvalue weighted by molar-refractivity contribution is -0.384. The molecular formula is C9H9NO4. The summed E-state index contributed by atoms with van der Waals surface area (Å²) in [5.41, 5.74) is -0.103. The standard InChI is InChI=1S/C9H9NO4/c1-2-8(11)7-4-3-6(10(13)14)5-9(7)12/h3-5,12H,2H2,1H3. The Kier molecular flexibility index (Phi) is 2.81. The van der Waals surface area contributed by atoms with E-state index in [0.29, 0.717) is 0 Å². The highest BCUT2D eigenvalue weighted by molar-refractivity contribution is 5.98. The molecule has 0 amide bonds. The van der Waals surface area contributed by atoms with Gasteiger partial charge in [0.25, 0.3) is 5.69 Å². The molecule has 0 spiro atoms. The van der Waals surface area contributed by atoms with Gasteiger partial charge in [0.15, 0.2) is 5.78 Å². The van der Waals surface area contributed by atoms with E-state index in [1.54, 1.807) is 6.92 Å². The first-order valence-electron chi connectivity index (χ1n) is 4.07. The lowest BCUT2D eigenvalue weighted by Gasteiger charge is -2.00. The van der Waals surface area contributed by atoms with Crippen molar-refractivity contribution in [3.05, 3.63) is 33.9 Å². The van der Waals surface area contributed by atoms with Crippen molar-refractivity contribution >= 4 is 11.5 Å². The van der Waals surface area contributed by atoms with Crippen molar-refractivity contribution in [2.75, 3.05) is 0 Å². The van der Waals surface area contributed by atoms with Crippen molar-refractivity contribution in [2.24, 2.45) is 0 Å². The molecule has 5 nitrogen and oxygen atoms in total. The first-order valence-corrected chi connectivity index (χ1v) is 4.07. The number of carbonyl (C=O) groups excluding carboxylic acids is 1. The summed E-state index contributed by atoms with van der Waals surface area (Å²) in [5, 5.41) is 19.6. The molecule has 0 atom stereocenters. The van der Waals surface area contributed by atoms with Gasteiger partial charge in [0.1, 0.15) is 5.75 Å². The van der Waals surface area contributed by atoms with Crippen LogP contribution in [0.2, 0.25) is 0 Å². The summed E-state index contributed by atoms with van der Waals surface area (Å²) in [6.07, 6.45) is 0.255. The van der Waals surface area contributed by atoms with Gasteiger partial charge in [0.05, 0.1) is 16.6 Å². The molecule has 74 valence electrons. The Morgan fingerprint density at radius 2 is 2.21 bits per heavy atom. The number of nitrogens with zero attached hydrogens (tertiary/aromatic N) is 1. The van der Waals surface area contributed by atoms with Gasteiger partial charge in [0.2, 0.25) is 0 Å². The number of ketones is 1. The van der Waals surface area contributed by atoms with Crippen LogP contribution in [0, 0.1) is 10.1 Å². The van der Waals surface area contributed by atoms with Crippen molar-refractivity contribution in [2.45, 2.75) is 13.3 Å². The fraction of sp³-hybridized carbons (Fsp3) is 0.222. The van der Waals surface area contributed by atoms with Gasteiger partial charge >= 0.3 is 0 Å². The molecule has 0 saturated carbocycles. The maximum absolute atomic E-state index is 11.2. The van der Waals surface area contributed by atoms with Gasteiger partial charge in [0, 0.05) is 12.5 Å². The number of nitro benzene ring substituents is 1. The van der Waals surface area contributed by atoms with E-state index in [4.69, 9.17) is 0 Å². The number of aromatic hydroxyl groups is 1. The molecule has 0 bridgehead atoms. The van der Waals surface area contributed by atoms with Crippen LogP contribution in [0.15, 0.2) is 18.2 Å². The summed E-state index contributed by atoms with van der Waals surface area (Å²) >= 11 is 0. The second kappa shape index (κ2) is 3.87. The Balaban J connectivity index is 3.14. The Morgan fingerprint density at radius 3 is 2.64 bits per heavy atom. The molecular weight excluding hydrogens is 186 g/mol. The van der Waals surface area contributed by atoms with E-state index in [-0.39, 0.29) is 29.2 Å². The number of benzene rings is 1. The van der Waals surface area contributed by atoms with Crippen molar-refractivity contribution in [3.8, 4) is 5.75 Å². The van der Waals surface area contributed by atoms with Crippen molar-refractivity contribution in [1.82, 2.24) is 0 Å². The lowest BCUT2D eigenvalue weighted by Crippen LogP contribution is -1.97. The highest BCUT2D eigenvalue weighted by atomic mass is 16.6. The van der Waals surface area contributed by atoms with Gasteiger partial charge in [-0.25, -0.2) is 0 Å². The van der Waals surface area contributed by atoms with E-state index in [0.717, 1.165) is 6.07 Å². The van der Waals surface area contributed by atoms with E-state index in [1.165, 1.54) is 12.1 Å². The minimum atomic E-state index is -0.625. The normalized spacial score (nSPS) is 9.79. The average molecular weight is 195 g/mol. The predicted octanol–water partition coefficient (Wildman–Crippen LogP) is 1.89. The lowest BCUT2D eigenvalue weighted by atomic mass is 10.1. The Morgan fingerprint density at radius 1 is 1.57 bits per heavy atom. The fourth-order valence-corrected chi connectivity index (χ4v) is 1.06. The van der Waals surface area contributed by atoms with E-state index in [2.05, 4.69) is 0 Å². The third kappa shape index (κ3) is 1.87. The summed E-state index contributed by atoms with van der Waals surface area (Å²) in [6, 6.07) is 3.44. The Hall–Kier alpha value is -1.91. The van der Waals surface area contributed by atoms with Crippen molar-refractivity contribution < 1.29 is 14.8 Å². The molecule has 0 aromatic heterocycles. The number of Topliss-reactive ketones (excluding diaryl/α,β-unsaturated/α-hetero) is 1. The highest BCUT2D eigenvalue weighted by Crippen LogP contribution is 2.24. The van der Waals surface area contributed by atoms with E-state index in [9.17, 15) is 20.0 Å². The van der Waals surface area contributed by atoms with Crippen LogP contribution in [0.25, 0.3) is 0 Å². The summed E-state index contributed by atoms with van der Waals surface area (Å²) in [6.45, 7) is 1.66. The van der Waals surface area contributed by atoms with E-state index < -0.39 is 4.92 Å². The van der Waals surface area contributed by atoms with Crippen molar-refractivity contribution in [3.63, 3.8) is 0 Å². The molecule has 5 heteroatoms. The topological polar surface area (TPSA) is 80.4 Å².